The smallest absolute Gasteiger partial charge is 0.310 e. The lowest BCUT2D eigenvalue weighted by Crippen LogP contribution is -2.08. The average molecular weight is 238 g/mol. The highest BCUT2D eigenvalue weighted by atomic mass is 16.5. The Labute approximate surface area is 101 Å². The summed E-state index contributed by atoms with van der Waals surface area (Å²) in [6.07, 6.45) is 1.08. The molecule has 0 aliphatic carbocycles. The van der Waals surface area contributed by atoms with Gasteiger partial charge in [-0.3, -0.25) is 4.79 Å². The van der Waals surface area contributed by atoms with Crippen LogP contribution in [0.15, 0.2) is 18.2 Å². The number of hydrogen-bond donors (Lipinski definition) is 0. The third-order valence-electron chi connectivity index (χ3n) is 2.26. The van der Waals surface area contributed by atoms with Gasteiger partial charge >= 0.3 is 5.97 Å². The van der Waals surface area contributed by atoms with Crippen molar-refractivity contribution in [2.24, 2.45) is 0 Å². The number of hydrogen-bond acceptors (Lipinski definition) is 4. The predicted octanol–water partition coefficient (Wildman–Crippen LogP) is 2.20. The van der Waals surface area contributed by atoms with Crippen molar-refractivity contribution in [2.45, 2.75) is 19.8 Å². The van der Waals surface area contributed by atoms with Crippen LogP contribution in [0.2, 0.25) is 0 Å². The number of rotatable bonds is 6. The van der Waals surface area contributed by atoms with E-state index in [1.807, 2.05) is 13.0 Å². The molecule has 0 aliphatic heterocycles. The molecule has 0 saturated heterocycles. The summed E-state index contributed by atoms with van der Waals surface area (Å²) in [4.78, 5) is 11.4. The molecule has 0 aromatic heterocycles. The molecule has 4 nitrogen and oxygen atoms in total. The Morgan fingerprint density at radius 3 is 2.47 bits per heavy atom. The van der Waals surface area contributed by atoms with E-state index < -0.39 is 0 Å². The van der Waals surface area contributed by atoms with Gasteiger partial charge < -0.3 is 14.2 Å². The molecule has 0 N–H and O–H groups in total. The van der Waals surface area contributed by atoms with Crippen molar-refractivity contribution in [3.63, 3.8) is 0 Å². The summed E-state index contributed by atoms with van der Waals surface area (Å²) in [6, 6.07) is 5.39. The maximum absolute atomic E-state index is 11.4. The molecule has 0 amide bonds. The molecule has 0 radical (unpaired) electrons. The molecule has 0 fully saturated rings. The third kappa shape index (κ3) is 3.98. The highest BCUT2D eigenvalue weighted by Gasteiger charge is 2.08. The van der Waals surface area contributed by atoms with E-state index in [1.54, 1.807) is 26.4 Å². The van der Waals surface area contributed by atoms with Crippen LogP contribution in [0.3, 0.4) is 0 Å². The summed E-state index contributed by atoms with van der Waals surface area (Å²) >= 11 is 0. The van der Waals surface area contributed by atoms with Crippen molar-refractivity contribution in [2.75, 3.05) is 20.8 Å². The fourth-order valence-electron chi connectivity index (χ4n) is 1.42. The maximum atomic E-state index is 11.4. The molecular weight excluding hydrogens is 220 g/mol. The highest BCUT2D eigenvalue weighted by Crippen LogP contribution is 2.27. The lowest BCUT2D eigenvalue weighted by atomic mass is 10.1. The minimum absolute atomic E-state index is 0.223. The minimum atomic E-state index is -0.223. The number of benzene rings is 1. The van der Waals surface area contributed by atoms with Crippen LogP contribution in [0.4, 0.5) is 0 Å². The van der Waals surface area contributed by atoms with Crippen molar-refractivity contribution < 1.29 is 19.0 Å². The Bertz CT molecular complexity index is 374. The molecule has 0 spiro atoms. The molecule has 1 aromatic carbocycles. The van der Waals surface area contributed by atoms with Gasteiger partial charge in [-0.1, -0.05) is 13.0 Å². The van der Waals surface area contributed by atoms with Gasteiger partial charge in [-0.25, -0.2) is 0 Å². The highest BCUT2D eigenvalue weighted by molar-refractivity contribution is 5.72. The fourth-order valence-corrected chi connectivity index (χ4v) is 1.42. The van der Waals surface area contributed by atoms with E-state index in [-0.39, 0.29) is 12.4 Å². The summed E-state index contributed by atoms with van der Waals surface area (Å²) < 4.78 is 15.3. The third-order valence-corrected chi connectivity index (χ3v) is 2.26. The number of esters is 1. The van der Waals surface area contributed by atoms with Crippen molar-refractivity contribution in [3.8, 4) is 11.5 Å². The van der Waals surface area contributed by atoms with Gasteiger partial charge in [0.05, 0.1) is 27.2 Å². The van der Waals surface area contributed by atoms with Crippen LogP contribution < -0.4 is 9.47 Å². The van der Waals surface area contributed by atoms with E-state index in [2.05, 4.69) is 0 Å². The van der Waals surface area contributed by atoms with Gasteiger partial charge in [0.1, 0.15) is 0 Å². The second-order valence-corrected chi connectivity index (χ2v) is 3.59. The Balaban J connectivity index is 2.68. The van der Waals surface area contributed by atoms with Crippen molar-refractivity contribution in [3.05, 3.63) is 23.8 Å². The molecule has 0 heterocycles. The Morgan fingerprint density at radius 1 is 1.18 bits per heavy atom. The molecule has 0 saturated carbocycles. The lowest BCUT2D eigenvalue weighted by molar-refractivity contribution is -0.142. The van der Waals surface area contributed by atoms with Crippen LogP contribution in [0.1, 0.15) is 18.9 Å². The Morgan fingerprint density at radius 2 is 1.88 bits per heavy atom. The van der Waals surface area contributed by atoms with E-state index >= 15 is 0 Å². The molecule has 0 unspecified atom stereocenters. The molecule has 0 bridgehead atoms. The minimum Gasteiger partial charge on any atom is -0.493 e. The first-order valence-corrected chi connectivity index (χ1v) is 5.57. The van der Waals surface area contributed by atoms with E-state index in [9.17, 15) is 4.79 Å². The standard InChI is InChI=1S/C13H18O4/c1-4-7-17-13(14)9-10-5-6-11(15-2)12(8-10)16-3/h5-6,8H,4,7,9H2,1-3H3. The zero-order valence-corrected chi connectivity index (χ0v) is 10.5. The second kappa shape index (κ2) is 6.78. The van der Waals surface area contributed by atoms with E-state index in [4.69, 9.17) is 14.2 Å². The van der Waals surface area contributed by atoms with Crippen LogP contribution in [0.5, 0.6) is 11.5 Å². The van der Waals surface area contributed by atoms with E-state index in [0.717, 1.165) is 12.0 Å². The van der Waals surface area contributed by atoms with Gasteiger partial charge in [0.15, 0.2) is 11.5 Å². The first kappa shape index (κ1) is 13.4. The van der Waals surface area contributed by atoms with Gasteiger partial charge in [0, 0.05) is 0 Å². The molecule has 0 aliphatic rings. The van der Waals surface area contributed by atoms with Crippen molar-refractivity contribution >= 4 is 5.97 Å². The molecule has 1 rings (SSSR count). The average Bonchev–Trinajstić information content (AvgIpc) is 2.36. The molecular formula is C13H18O4. The van der Waals surface area contributed by atoms with E-state index in [0.29, 0.717) is 18.1 Å². The SMILES string of the molecule is CCCOC(=O)Cc1ccc(OC)c(OC)c1. The molecule has 4 heteroatoms. The zero-order chi connectivity index (χ0) is 12.7. The Hall–Kier alpha value is -1.71. The van der Waals surface area contributed by atoms with Crippen LogP contribution >= 0.6 is 0 Å². The lowest BCUT2D eigenvalue weighted by Gasteiger charge is -2.09. The monoisotopic (exact) mass is 238 g/mol. The fraction of sp³-hybridized carbons (Fsp3) is 0.462. The predicted molar refractivity (Wildman–Crippen MR) is 64.5 cm³/mol. The molecule has 1 aromatic rings. The summed E-state index contributed by atoms with van der Waals surface area (Å²) in [5.41, 5.74) is 0.851. The molecule has 17 heavy (non-hydrogen) atoms. The first-order chi connectivity index (χ1) is 8.21. The summed E-state index contributed by atoms with van der Waals surface area (Å²) in [5.74, 6) is 1.05. The zero-order valence-electron chi connectivity index (χ0n) is 10.5. The number of methoxy groups -OCH3 is 2. The summed E-state index contributed by atoms with van der Waals surface area (Å²) in [7, 11) is 3.14. The van der Waals surface area contributed by atoms with Crippen LogP contribution in [0, 0.1) is 0 Å². The van der Waals surface area contributed by atoms with Crippen molar-refractivity contribution in [1.82, 2.24) is 0 Å². The summed E-state index contributed by atoms with van der Waals surface area (Å²) in [6.45, 7) is 2.43. The largest absolute Gasteiger partial charge is 0.493 e. The van der Waals surface area contributed by atoms with Crippen LogP contribution in [0.25, 0.3) is 0 Å². The van der Waals surface area contributed by atoms with Gasteiger partial charge in [-0.05, 0) is 24.1 Å². The summed E-state index contributed by atoms with van der Waals surface area (Å²) in [5, 5.41) is 0. The van der Waals surface area contributed by atoms with Gasteiger partial charge in [-0.15, -0.1) is 0 Å². The number of carbonyl (C=O) groups excluding carboxylic acids is 1. The molecule has 0 atom stereocenters. The van der Waals surface area contributed by atoms with Gasteiger partial charge in [0.2, 0.25) is 0 Å². The van der Waals surface area contributed by atoms with Crippen LogP contribution in [-0.2, 0) is 16.0 Å². The Kier molecular flexibility index (Phi) is 5.33. The number of carbonyl (C=O) groups is 1. The second-order valence-electron chi connectivity index (χ2n) is 3.59. The van der Waals surface area contributed by atoms with Crippen LogP contribution in [-0.4, -0.2) is 26.8 Å². The van der Waals surface area contributed by atoms with Gasteiger partial charge in [-0.2, -0.15) is 0 Å². The number of ether oxygens (including phenoxy) is 3. The molecule has 94 valence electrons. The van der Waals surface area contributed by atoms with Gasteiger partial charge in [0.25, 0.3) is 0 Å². The van der Waals surface area contributed by atoms with E-state index in [1.165, 1.54) is 0 Å². The maximum Gasteiger partial charge on any atom is 0.310 e. The normalized spacial score (nSPS) is 9.82. The van der Waals surface area contributed by atoms with Crippen molar-refractivity contribution in [1.29, 1.82) is 0 Å². The first-order valence-electron chi connectivity index (χ1n) is 5.57. The topological polar surface area (TPSA) is 44.8 Å². The quantitative estimate of drug-likeness (QED) is 0.713.